The average molecular weight is 478 g/mol. The van der Waals surface area contributed by atoms with Crippen LogP contribution in [0.4, 0.5) is 5.69 Å². The van der Waals surface area contributed by atoms with Gasteiger partial charge in [0.2, 0.25) is 15.9 Å². The molecule has 1 saturated heterocycles. The summed E-state index contributed by atoms with van der Waals surface area (Å²) in [6, 6.07) is 16.4. The van der Waals surface area contributed by atoms with E-state index in [1.807, 2.05) is 55.7 Å². The minimum absolute atomic E-state index is 0.0256. The molecule has 0 radical (unpaired) electrons. The number of pyridine rings is 2. The van der Waals surface area contributed by atoms with E-state index in [4.69, 9.17) is 4.74 Å². The fourth-order valence-electron chi connectivity index (χ4n) is 4.51. The smallest absolute Gasteiger partial charge is 0.244 e. The summed E-state index contributed by atoms with van der Waals surface area (Å²) in [6.07, 6.45) is 5.79. The van der Waals surface area contributed by atoms with Gasteiger partial charge in [0.25, 0.3) is 0 Å². The fraction of sp³-hybridized carbons (Fsp3) is 0.280. The maximum atomic E-state index is 13.5. The van der Waals surface area contributed by atoms with E-state index in [-0.39, 0.29) is 10.9 Å². The topological polar surface area (TPSA) is 91.4 Å². The van der Waals surface area contributed by atoms with Crippen molar-refractivity contribution >= 4 is 26.7 Å². The van der Waals surface area contributed by atoms with Crippen molar-refractivity contribution in [2.45, 2.75) is 24.3 Å². The van der Waals surface area contributed by atoms with E-state index in [2.05, 4.69) is 26.8 Å². The summed E-state index contributed by atoms with van der Waals surface area (Å²) in [5, 5.41) is 1.02. The van der Waals surface area contributed by atoms with Gasteiger partial charge < -0.3 is 14.6 Å². The van der Waals surface area contributed by atoms with E-state index in [1.165, 1.54) is 6.20 Å². The molecule has 1 aliphatic rings. The molecule has 3 aromatic heterocycles. The van der Waals surface area contributed by atoms with Crippen LogP contribution in [-0.4, -0.2) is 53.9 Å². The number of hydrogen-bond donors (Lipinski definition) is 1. The third-order valence-electron chi connectivity index (χ3n) is 6.51. The molecule has 176 valence electrons. The Hall–Kier alpha value is -3.43. The third-order valence-corrected chi connectivity index (χ3v) is 8.36. The van der Waals surface area contributed by atoms with E-state index in [9.17, 15) is 8.42 Å². The van der Waals surface area contributed by atoms with Crippen LogP contribution in [0.15, 0.2) is 78.1 Å². The number of likely N-dealkylation sites (N-methyl/N-ethyl adjacent to an activating group) is 1. The molecule has 1 fully saturated rings. The molecule has 0 amide bonds. The molecule has 1 aromatic carbocycles. The maximum absolute atomic E-state index is 13.5. The van der Waals surface area contributed by atoms with Crippen molar-refractivity contribution in [2.24, 2.45) is 5.92 Å². The Kier molecular flexibility index (Phi) is 5.97. The van der Waals surface area contributed by atoms with Crippen molar-refractivity contribution in [3.05, 3.63) is 73.2 Å². The molecule has 5 rings (SSSR count). The molecule has 1 aliphatic heterocycles. The lowest BCUT2D eigenvalue weighted by Gasteiger charge is -2.42. The number of benzene rings is 1. The second-order valence-electron chi connectivity index (χ2n) is 8.62. The van der Waals surface area contributed by atoms with E-state index < -0.39 is 10.0 Å². The van der Waals surface area contributed by atoms with Crippen LogP contribution in [0, 0.1) is 5.92 Å². The number of aromatic amines is 1. The first-order valence-corrected chi connectivity index (χ1v) is 12.7. The van der Waals surface area contributed by atoms with Gasteiger partial charge in [0.15, 0.2) is 0 Å². The Balaban J connectivity index is 1.35. The number of ether oxygens (including phenoxy) is 1. The molecule has 34 heavy (non-hydrogen) atoms. The van der Waals surface area contributed by atoms with Gasteiger partial charge in [-0.25, -0.2) is 18.4 Å². The van der Waals surface area contributed by atoms with E-state index in [1.54, 1.807) is 22.6 Å². The van der Waals surface area contributed by atoms with Crippen molar-refractivity contribution in [3.8, 4) is 11.6 Å². The van der Waals surface area contributed by atoms with E-state index in [0.29, 0.717) is 30.6 Å². The molecule has 2 atom stereocenters. The Labute approximate surface area is 199 Å². The summed E-state index contributed by atoms with van der Waals surface area (Å²) < 4.78 is 34.2. The molecule has 9 heteroatoms. The Bertz CT molecular complexity index is 1370. The number of sulfonamides is 1. The third kappa shape index (κ3) is 4.24. The number of nitrogens with zero attached hydrogens (tertiary/aromatic N) is 4. The number of fused-ring (bicyclic) bond motifs is 1. The van der Waals surface area contributed by atoms with Crippen molar-refractivity contribution in [3.63, 3.8) is 0 Å². The standard InChI is InChI=1S/C25H27N5O3S/c1-18-12-15-30(17-23(18)29(2)22-11-14-27-25-21(22)10-13-26-25)34(31,32)20-8-9-24(28-16-20)33-19-6-4-3-5-7-19/h3-11,13-14,16,18,23H,12,15,17H2,1-2H3,(H,26,27). The Morgan fingerprint density at radius 3 is 2.68 bits per heavy atom. The first kappa shape index (κ1) is 22.4. The average Bonchev–Trinajstić information content (AvgIpc) is 3.34. The van der Waals surface area contributed by atoms with Crippen molar-refractivity contribution in [1.82, 2.24) is 19.3 Å². The highest BCUT2D eigenvalue weighted by molar-refractivity contribution is 7.89. The summed E-state index contributed by atoms with van der Waals surface area (Å²) in [4.78, 5) is 14.1. The molecule has 4 aromatic rings. The second kappa shape index (κ2) is 9.08. The lowest BCUT2D eigenvalue weighted by Crippen LogP contribution is -2.52. The highest BCUT2D eigenvalue weighted by Crippen LogP contribution is 2.32. The molecule has 0 bridgehead atoms. The largest absolute Gasteiger partial charge is 0.439 e. The molecule has 0 saturated carbocycles. The van der Waals surface area contributed by atoms with Crippen LogP contribution >= 0.6 is 0 Å². The minimum Gasteiger partial charge on any atom is -0.439 e. The first-order chi connectivity index (χ1) is 16.4. The van der Waals surface area contributed by atoms with Crippen LogP contribution in [0.3, 0.4) is 0 Å². The quantitative estimate of drug-likeness (QED) is 0.446. The van der Waals surface area contributed by atoms with Crippen LogP contribution in [0.5, 0.6) is 11.6 Å². The zero-order valence-corrected chi connectivity index (χ0v) is 19.9. The highest BCUT2D eigenvalue weighted by Gasteiger charge is 2.36. The number of para-hydroxylation sites is 1. The maximum Gasteiger partial charge on any atom is 0.244 e. The van der Waals surface area contributed by atoms with E-state index >= 15 is 0 Å². The van der Waals surface area contributed by atoms with Gasteiger partial charge in [-0.3, -0.25) is 0 Å². The zero-order valence-electron chi connectivity index (χ0n) is 19.1. The zero-order chi connectivity index (χ0) is 23.7. The van der Waals surface area contributed by atoms with Crippen LogP contribution in [-0.2, 0) is 10.0 Å². The second-order valence-corrected chi connectivity index (χ2v) is 10.6. The molecule has 0 aliphatic carbocycles. The van der Waals surface area contributed by atoms with Gasteiger partial charge in [0, 0.05) is 55.7 Å². The number of rotatable bonds is 6. The molecular weight excluding hydrogens is 450 g/mol. The number of hydrogen-bond acceptors (Lipinski definition) is 6. The van der Waals surface area contributed by atoms with Crippen LogP contribution in [0.2, 0.25) is 0 Å². The van der Waals surface area contributed by atoms with Gasteiger partial charge in [-0.15, -0.1) is 0 Å². The number of aromatic nitrogens is 3. The lowest BCUT2D eigenvalue weighted by molar-refractivity contribution is 0.247. The molecular formula is C25H27N5O3S. The van der Waals surface area contributed by atoms with Gasteiger partial charge in [-0.1, -0.05) is 25.1 Å². The van der Waals surface area contributed by atoms with Crippen molar-refractivity contribution < 1.29 is 13.2 Å². The predicted molar refractivity (Wildman–Crippen MR) is 132 cm³/mol. The summed E-state index contributed by atoms with van der Waals surface area (Å²) in [7, 11) is -1.66. The number of H-pyrrole nitrogens is 1. The summed E-state index contributed by atoms with van der Waals surface area (Å²) >= 11 is 0. The summed E-state index contributed by atoms with van der Waals surface area (Å²) in [5.74, 6) is 1.33. The van der Waals surface area contributed by atoms with Gasteiger partial charge in [-0.05, 0) is 42.7 Å². The monoisotopic (exact) mass is 477 g/mol. The number of anilines is 1. The van der Waals surface area contributed by atoms with Crippen LogP contribution in [0.25, 0.3) is 11.0 Å². The molecule has 8 nitrogen and oxygen atoms in total. The molecule has 0 spiro atoms. The fourth-order valence-corrected chi connectivity index (χ4v) is 5.93. The molecule has 2 unspecified atom stereocenters. The number of piperidine rings is 1. The van der Waals surface area contributed by atoms with Gasteiger partial charge >= 0.3 is 0 Å². The van der Waals surface area contributed by atoms with Gasteiger partial charge in [0.1, 0.15) is 16.3 Å². The first-order valence-electron chi connectivity index (χ1n) is 11.3. The normalized spacial score (nSPS) is 19.2. The van der Waals surface area contributed by atoms with Crippen molar-refractivity contribution in [1.29, 1.82) is 0 Å². The molecule has 4 heterocycles. The lowest BCUT2D eigenvalue weighted by atomic mass is 9.93. The van der Waals surface area contributed by atoms with E-state index in [0.717, 1.165) is 23.1 Å². The Morgan fingerprint density at radius 1 is 1.09 bits per heavy atom. The summed E-state index contributed by atoms with van der Waals surface area (Å²) in [5.41, 5.74) is 1.85. The molecule has 1 N–H and O–H groups in total. The van der Waals surface area contributed by atoms with Gasteiger partial charge in [0.05, 0.1) is 6.20 Å². The number of nitrogens with one attached hydrogen (secondary N) is 1. The van der Waals surface area contributed by atoms with Crippen LogP contribution < -0.4 is 9.64 Å². The Morgan fingerprint density at radius 2 is 1.91 bits per heavy atom. The van der Waals surface area contributed by atoms with Crippen LogP contribution in [0.1, 0.15) is 13.3 Å². The highest BCUT2D eigenvalue weighted by atomic mass is 32.2. The van der Waals surface area contributed by atoms with Gasteiger partial charge in [-0.2, -0.15) is 4.31 Å². The van der Waals surface area contributed by atoms with Crippen molar-refractivity contribution in [2.75, 3.05) is 25.0 Å². The summed E-state index contributed by atoms with van der Waals surface area (Å²) in [6.45, 7) is 3.06. The predicted octanol–water partition coefficient (Wildman–Crippen LogP) is 4.29. The minimum atomic E-state index is -3.69. The SMILES string of the molecule is CC1CCN(S(=O)(=O)c2ccc(Oc3ccccc3)nc2)CC1N(C)c1ccnc2[nH]ccc12.